The Morgan fingerprint density at radius 2 is 2.04 bits per heavy atom. The molecule has 1 aromatic carbocycles. The molecule has 0 aliphatic heterocycles. The van der Waals surface area contributed by atoms with Gasteiger partial charge in [-0.2, -0.15) is 10.1 Å². The van der Waals surface area contributed by atoms with Crippen molar-refractivity contribution in [3.63, 3.8) is 0 Å². The average Bonchev–Trinajstić information content (AvgIpc) is 3.29. The molecule has 4 aromatic rings. The number of nitrogens with one attached hydrogen (secondary N) is 1. The van der Waals surface area contributed by atoms with E-state index in [1.54, 1.807) is 10.7 Å². The third-order valence-electron chi connectivity index (χ3n) is 3.72. The molecular weight excluding hydrogens is 318 g/mol. The largest absolute Gasteiger partial charge is 0.338 e. The summed E-state index contributed by atoms with van der Waals surface area (Å²) in [5.41, 5.74) is 8.93. The topological polar surface area (TPSA) is 107 Å². The van der Waals surface area contributed by atoms with E-state index in [0.29, 0.717) is 31.3 Å². The number of rotatable bonds is 6. The second-order valence-corrected chi connectivity index (χ2v) is 5.51. The van der Waals surface area contributed by atoms with E-state index in [-0.39, 0.29) is 0 Å². The maximum Gasteiger partial charge on any atom is 0.240 e. The van der Waals surface area contributed by atoms with Crippen LogP contribution in [0.1, 0.15) is 5.89 Å². The smallest absolute Gasteiger partial charge is 0.240 e. The maximum absolute atomic E-state index is 5.45. The summed E-state index contributed by atoms with van der Waals surface area (Å²) in [6.07, 6.45) is 3.63. The molecule has 3 aromatic heterocycles. The summed E-state index contributed by atoms with van der Waals surface area (Å²) in [7, 11) is 0. The van der Waals surface area contributed by atoms with Gasteiger partial charge < -0.3 is 15.6 Å². The van der Waals surface area contributed by atoms with Crippen LogP contribution in [0.3, 0.4) is 0 Å². The number of fused-ring (bicyclic) bond motifs is 1. The maximum atomic E-state index is 5.45. The summed E-state index contributed by atoms with van der Waals surface area (Å²) in [6, 6.07) is 11.7. The molecule has 0 unspecified atom stereocenters. The molecule has 3 N–H and O–H groups in total. The van der Waals surface area contributed by atoms with E-state index >= 15 is 0 Å². The van der Waals surface area contributed by atoms with Gasteiger partial charge in [-0.3, -0.25) is 0 Å². The fourth-order valence-electron chi connectivity index (χ4n) is 2.53. The van der Waals surface area contributed by atoms with Gasteiger partial charge in [-0.1, -0.05) is 23.4 Å². The molecule has 25 heavy (non-hydrogen) atoms. The lowest BCUT2D eigenvalue weighted by Crippen LogP contribution is -2.21. The summed E-state index contributed by atoms with van der Waals surface area (Å²) in [6.45, 7) is 1.77. The molecule has 4 rings (SSSR count). The Labute approximate surface area is 143 Å². The summed E-state index contributed by atoms with van der Waals surface area (Å²) in [5.74, 6) is 1.08. The van der Waals surface area contributed by atoms with E-state index in [1.165, 1.54) is 0 Å². The van der Waals surface area contributed by atoms with Crippen LogP contribution in [0.5, 0.6) is 0 Å². The summed E-state index contributed by atoms with van der Waals surface area (Å²) in [4.78, 5) is 9.00. The first kappa shape index (κ1) is 15.4. The summed E-state index contributed by atoms with van der Waals surface area (Å²) < 4.78 is 7.01. The molecule has 0 aliphatic carbocycles. The molecular formula is C17H17N7O. The van der Waals surface area contributed by atoms with Crippen molar-refractivity contribution in [2.75, 3.05) is 13.1 Å². The number of aromatic nitrogens is 5. The van der Waals surface area contributed by atoms with Crippen LogP contribution >= 0.6 is 0 Å². The lowest BCUT2D eigenvalue weighted by molar-refractivity contribution is 0.368. The van der Waals surface area contributed by atoms with Crippen LogP contribution in [0.2, 0.25) is 0 Å². The number of nitrogens with zero attached hydrogens (tertiary/aromatic N) is 5. The van der Waals surface area contributed by atoms with Crippen LogP contribution in [0.15, 0.2) is 53.3 Å². The SMILES string of the molecule is NCCNCc1nc(-c2cccc(-c3cn4ncccc4n3)c2)no1. The van der Waals surface area contributed by atoms with Crippen molar-refractivity contribution in [3.05, 3.63) is 54.7 Å². The predicted octanol–water partition coefficient (Wildman–Crippen LogP) is 1.49. The molecule has 8 heteroatoms. The Morgan fingerprint density at radius 1 is 1.12 bits per heavy atom. The molecule has 0 saturated carbocycles. The Bertz CT molecular complexity index is 958. The van der Waals surface area contributed by atoms with E-state index in [4.69, 9.17) is 10.3 Å². The second-order valence-electron chi connectivity index (χ2n) is 5.51. The lowest BCUT2D eigenvalue weighted by atomic mass is 10.1. The molecule has 3 heterocycles. The van der Waals surface area contributed by atoms with Crippen molar-refractivity contribution in [3.8, 4) is 22.6 Å². The zero-order valence-corrected chi connectivity index (χ0v) is 13.5. The standard InChI is InChI=1S/C17H17N7O/c18-6-8-19-10-16-22-17(23-25-16)13-4-1-3-12(9-13)14-11-24-15(21-14)5-2-7-20-24/h1-5,7,9,11,19H,6,8,10,18H2. The Hall–Kier alpha value is -3.10. The minimum Gasteiger partial charge on any atom is -0.338 e. The third kappa shape index (κ3) is 3.25. The Kier molecular flexibility index (Phi) is 4.19. The van der Waals surface area contributed by atoms with Gasteiger partial charge in [0.2, 0.25) is 11.7 Å². The van der Waals surface area contributed by atoms with Crippen LogP contribution in [0.4, 0.5) is 0 Å². The van der Waals surface area contributed by atoms with Gasteiger partial charge in [0.05, 0.1) is 18.4 Å². The highest BCUT2D eigenvalue weighted by Gasteiger charge is 2.11. The number of nitrogens with two attached hydrogens (primary N) is 1. The number of benzene rings is 1. The van der Waals surface area contributed by atoms with Crippen molar-refractivity contribution in [2.24, 2.45) is 5.73 Å². The first-order chi connectivity index (χ1) is 12.3. The minimum absolute atomic E-state index is 0.502. The highest BCUT2D eigenvalue weighted by atomic mass is 16.5. The third-order valence-corrected chi connectivity index (χ3v) is 3.72. The zero-order chi connectivity index (χ0) is 17.1. The zero-order valence-electron chi connectivity index (χ0n) is 13.5. The Balaban J connectivity index is 1.61. The van der Waals surface area contributed by atoms with Crippen molar-refractivity contribution < 1.29 is 4.52 Å². The summed E-state index contributed by atoms with van der Waals surface area (Å²) in [5, 5.41) is 11.4. The van der Waals surface area contributed by atoms with E-state index in [2.05, 4.69) is 25.5 Å². The van der Waals surface area contributed by atoms with Crippen LogP contribution in [-0.4, -0.2) is 37.8 Å². The molecule has 0 atom stereocenters. The average molecular weight is 335 g/mol. The molecule has 0 fully saturated rings. The van der Waals surface area contributed by atoms with Crippen molar-refractivity contribution >= 4 is 5.65 Å². The fourth-order valence-corrected chi connectivity index (χ4v) is 2.53. The first-order valence-electron chi connectivity index (χ1n) is 7.98. The minimum atomic E-state index is 0.502. The first-order valence-corrected chi connectivity index (χ1v) is 7.98. The van der Waals surface area contributed by atoms with Gasteiger partial charge in [0.1, 0.15) is 0 Å². The quantitative estimate of drug-likeness (QED) is 0.514. The molecule has 0 saturated heterocycles. The highest BCUT2D eigenvalue weighted by Crippen LogP contribution is 2.24. The van der Waals surface area contributed by atoms with E-state index in [9.17, 15) is 0 Å². The van der Waals surface area contributed by atoms with Gasteiger partial charge in [-0.05, 0) is 18.2 Å². The summed E-state index contributed by atoms with van der Waals surface area (Å²) >= 11 is 0. The van der Waals surface area contributed by atoms with Crippen LogP contribution in [0, 0.1) is 0 Å². The van der Waals surface area contributed by atoms with Crippen molar-refractivity contribution in [2.45, 2.75) is 6.54 Å². The molecule has 0 bridgehead atoms. The van der Waals surface area contributed by atoms with Gasteiger partial charge in [0.25, 0.3) is 0 Å². The molecule has 0 amide bonds. The monoisotopic (exact) mass is 335 g/mol. The van der Waals surface area contributed by atoms with Crippen LogP contribution in [0.25, 0.3) is 28.3 Å². The lowest BCUT2D eigenvalue weighted by Gasteiger charge is -1.99. The van der Waals surface area contributed by atoms with Crippen molar-refractivity contribution in [1.29, 1.82) is 0 Å². The molecule has 8 nitrogen and oxygen atoms in total. The van der Waals surface area contributed by atoms with E-state index < -0.39 is 0 Å². The number of hydrogen-bond donors (Lipinski definition) is 2. The molecule has 126 valence electrons. The molecule has 0 spiro atoms. The van der Waals surface area contributed by atoms with Crippen LogP contribution < -0.4 is 11.1 Å². The van der Waals surface area contributed by atoms with Gasteiger partial charge in [-0.25, -0.2) is 9.50 Å². The normalized spacial score (nSPS) is 11.2. The Morgan fingerprint density at radius 3 is 2.92 bits per heavy atom. The van der Waals surface area contributed by atoms with Gasteiger partial charge in [0.15, 0.2) is 5.65 Å². The van der Waals surface area contributed by atoms with Gasteiger partial charge >= 0.3 is 0 Å². The predicted molar refractivity (Wildman–Crippen MR) is 92.5 cm³/mol. The molecule has 0 radical (unpaired) electrons. The molecule has 0 aliphatic rings. The van der Waals surface area contributed by atoms with Crippen LogP contribution in [-0.2, 0) is 6.54 Å². The fraction of sp³-hybridized carbons (Fsp3) is 0.176. The highest BCUT2D eigenvalue weighted by molar-refractivity contribution is 5.69. The van der Waals surface area contributed by atoms with E-state index in [0.717, 1.165) is 22.5 Å². The second kappa shape index (κ2) is 6.80. The van der Waals surface area contributed by atoms with Crippen molar-refractivity contribution in [1.82, 2.24) is 30.1 Å². The number of hydrogen-bond acceptors (Lipinski definition) is 7. The number of imidazole rings is 1. The van der Waals surface area contributed by atoms with Gasteiger partial charge in [0, 0.05) is 30.4 Å². The van der Waals surface area contributed by atoms with E-state index in [1.807, 2.05) is 42.6 Å². The van der Waals surface area contributed by atoms with Gasteiger partial charge in [-0.15, -0.1) is 0 Å².